The molecule has 2 aliphatic rings. The molecule has 0 unspecified atom stereocenters. The van der Waals surface area contributed by atoms with Gasteiger partial charge in [-0.25, -0.2) is 26.1 Å². The van der Waals surface area contributed by atoms with E-state index in [1.807, 2.05) is 4.72 Å². The molecule has 1 aromatic heterocycles. The molecule has 0 saturated carbocycles. The summed E-state index contributed by atoms with van der Waals surface area (Å²) in [5.41, 5.74) is -5.78. The highest BCUT2D eigenvalue weighted by Crippen LogP contribution is 2.32. The molecule has 5 rings (SSSR count). The average Bonchev–Trinajstić information content (AvgIpc) is 3.49. The van der Waals surface area contributed by atoms with Gasteiger partial charge in [0.15, 0.2) is 10.1 Å². The minimum absolute atomic E-state index is 0.0648. The fourth-order valence-corrected chi connectivity index (χ4v) is 7.73. The highest BCUT2D eigenvalue weighted by molar-refractivity contribution is 8.03. The number of aryl methyl sites for hydroxylation is 1. The summed E-state index contributed by atoms with van der Waals surface area (Å²) < 4.78 is 174. The number of nitrogens with zero attached hydrogens (tertiary/aromatic N) is 4. The van der Waals surface area contributed by atoms with E-state index < -0.39 is 76.9 Å². The molecule has 0 spiro atoms. The Kier molecular flexibility index (Phi) is 13.5. The lowest BCUT2D eigenvalue weighted by Gasteiger charge is -2.08. The molecular weight excluding hydrogens is 798 g/mol. The Morgan fingerprint density at radius 2 is 1.28 bits per heavy atom. The zero-order valence-corrected chi connectivity index (χ0v) is 28.9. The van der Waals surface area contributed by atoms with Gasteiger partial charge >= 0.3 is 26.3 Å². The van der Waals surface area contributed by atoms with E-state index in [1.54, 1.807) is 25.2 Å². The van der Waals surface area contributed by atoms with Gasteiger partial charge in [-0.1, -0.05) is 39.7 Å². The van der Waals surface area contributed by atoms with Gasteiger partial charge in [-0.15, -0.1) is 0 Å². The molecule has 2 amide bonds. The van der Waals surface area contributed by atoms with Crippen LogP contribution >= 0.6 is 0 Å². The molecule has 0 fully saturated rings. The standard InChI is InChI=1S/C7H4FNO5S2.C7H5NO3S.C5H8FN2O2S.C2H3N.CHF3O3S/c8-16(13,14)9-7(10)5-3-1-2-4-6(5)15(9,11)12;9-7-5-3-1-2-4-6(5)12(10,11)8-7;1-5-7(2)3-4-8(5)11(6,9)10;1-2-3;2-1(3,4)8(5,6)7/h1-4H;1-4H,(H,8,9);3-4H,1-2H3;1H3;(H,5,6,7)/q;;+1;;/p-1. The summed E-state index contributed by atoms with van der Waals surface area (Å²) in [5.74, 6) is -1.63. The van der Waals surface area contributed by atoms with Gasteiger partial charge in [0.25, 0.3) is 37.7 Å². The highest BCUT2D eigenvalue weighted by Gasteiger charge is 2.48. The van der Waals surface area contributed by atoms with Crippen molar-refractivity contribution in [1.82, 2.24) is 12.4 Å². The third kappa shape index (κ3) is 10.5. The van der Waals surface area contributed by atoms with E-state index in [0.29, 0.717) is 9.80 Å². The van der Waals surface area contributed by atoms with Crippen LogP contribution in [-0.2, 0) is 58.0 Å². The van der Waals surface area contributed by atoms with Crippen molar-refractivity contribution in [2.24, 2.45) is 7.05 Å². The van der Waals surface area contributed by atoms with Crippen LogP contribution < -0.4 is 9.29 Å². The number of nitriles is 1. The molecule has 28 heteroatoms. The molecule has 2 aromatic carbocycles. The van der Waals surface area contributed by atoms with Crippen LogP contribution in [0, 0.1) is 18.3 Å². The number of carbonyl (C=O) groups is 2. The number of hydrogen-bond acceptors (Lipinski definition) is 14. The molecule has 0 bridgehead atoms. The Bertz CT molecular complexity index is 2390. The maximum atomic E-state index is 12.7. The Labute approximate surface area is 281 Å². The number of hydrogen-bond donors (Lipinski definition) is 1. The summed E-state index contributed by atoms with van der Waals surface area (Å²) >= 11 is 0. The maximum Gasteiger partial charge on any atom is 0.485 e. The first-order valence-corrected chi connectivity index (χ1v) is 19.1. The van der Waals surface area contributed by atoms with Crippen LogP contribution in [0.25, 0.3) is 0 Å². The maximum absolute atomic E-state index is 12.7. The topological polar surface area (TPSA) is 276 Å². The van der Waals surface area contributed by atoms with E-state index >= 15 is 0 Å². The van der Waals surface area contributed by atoms with E-state index in [4.69, 9.17) is 18.2 Å². The number of benzene rings is 2. The zero-order chi connectivity index (χ0) is 39.3. The molecule has 0 atom stereocenters. The van der Waals surface area contributed by atoms with Gasteiger partial charge in [-0.3, -0.25) is 9.59 Å². The van der Waals surface area contributed by atoms with Crippen molar-refractivity contribution < 1.29 is 81.7 Å². The fourth-order valence-electron chi connectivity index (χ4n) is 3.26. The van der Waals surface area contributed by atoms with Crippen molar-refractivity contribution in [3.63, 3.8) is 0 Å². The lowest BCUT2D eigenvalue weighted by Crippen LogP contribution is -2.33. The number of fused-ring (bicyclic) bond motifs is 2. The highest BCUT2D eigenvalue weighted by atomic mass is 32.3. The van der Waals surface area contributed by atoms with Gasteiger partial charge in [0.05, 0.1) is 24.2 Å². The van der Waals surface area contributed by atoms with Crippen LogP contribution in [-0.4, -0.2) is 71.6 Å². The van der Waals surface area contributed by atoms with Gasteiger partial charge in [0.1, 0.15) is 22.2 Å². The van der Waals surface area contributed by atoms with Gasteiger partial charge in [-0.05, 0) is 24.3 Å². The Morgan fingerprint density at radius 1 is 0.860 bits per heavy atom. The third-order valence-corrected chi connectivity index (χ3v) is 11.4. The largest absolute Gasteiger partial charge is 0.741 e. The number of nitrogens with one attached hydrogen (secondary N) is 1. The Morgan fingerprint density at radius 3 is 1.60 bits per heavy atom. The summed E-state index contributed by atoms with van der Waals surface area (Å²) in [5, 5.41) is 7.32. The second-order valence-electron chi connectivity index (χ2n) is 8.69. The first-order chi connectivity index (χ1) is 22.5. The van der Waals surface area contributed by atoms with E-state index in [2.05, 4.69) is 0 Å². The number of aromatic nitrogens is 2. The number of imidazole rings is 1. The molecule has 2 aliphatic heterocycles. The van der Waals surface area contributed by atoms with Gasteiger partial charge in [0.2, 0.25) is 0 Å². The molecule has 1 N–H and O–H groups in total. The minimum atomic E-state index is -6.09. The number of carbonyl (C=O) groups excluding carboxylic acids is 2. The summed E-state index contributed by atoms with van der Waals surface area (Å²) in [6.07, 6.45) is 2.62. The Balaban J connectivity index is 0.000000333. The van der Waals surface area contributed by atoms with Crippen molar-refractivity contribution in [1.29, 1.82) is 5.26 Å². The van der Waals surface area contributed by atoms with E-state index in [-0.39, 0.29) is 16.0 Å². The van der Waals surface area contributed by atoms with Gasteiger partial charge in [-0.2, -0.15) is 43.7 Å². The van der Waals surface area contributed by atoms with Crippen LogP contribution in [0.1, 0.15) is 33.5 Å². The Hall–Kier alpha value is -4.56. The predicted molar refractivity (Wildman–Crippen MR) is 154 cm³/mol. The third-order valence-electron chi connectivity index (χ3n) is 5.40. The number of amides is 2. The average molecular weight is 818 g/mol. The van der Waals surface area contributed by atoms with Gasteiger partial charge < -0.3 is 4.55 Å². The van der Waals surface area contributed by atoms with E-state index in [9.17, 15) is 64.2 Å². The fraction of sp³-hybridized carbons (Fsp3) is 0.182. The molecule has 276 valence electrons. The smallest absolute Gasteiger partial charge is 0.485 e. The lowest BCUT2D eigenvalue weighted by molar-refractivity contribution is -0.676. The minimum Gasteiger partial charge on any atom is -0.741 e. The molecule has 18 nitrogen and oxygen atoms in total. The zero-order valence-electron chi connectivity index (χ0n) is 24.8. The quantitative estimate of drug-likeness (QED) is 0.121. The van der Waals surface area contributed by atoms with Crippen LogP contribution in [0.4, 0.5) is 20.9 Å². The van der Waals surface area contributed by atoms with Crippen LogP contribution in [0.3, 0.4) is 0 Å². The number of alkyl halides is 3. The summed E-state index contributed by atoms with van der Waals surface area (Å²) in [4.78, 5) is 21.9. The van der Waals surface area contributed by atoms with Crippen molar-refractivity contribution in [2.75, 3.05) is 0 Å². The van der Waals surface area contributed by atoms with Crippen LogP contribution in [0.15, 0.2) is 70.7 Å². The summed E-state index contributed by atoms with van der Waals surface area (Å²) in [6, 6.07) is 12.6. The summed E-state index contributed by atoms with van der Waals surface area (Å²) in [6.45, 7) is 2.94. The lowest BCUT2D eigenvalue weighted by atomic mass is 10.2. The first-order valence-electron chi connectivity index (χ1n) is 12.1. The predicted octanol–water partition coefficient (Wildman–Crippen LogP) is 0.429. The molecule has 0 saturated heterocycles. The monoisotopic (exact) mass is 817 g/mol. The number of rotatable bonds is 2. The first kappa shape index (κ1) is 43.5. The van der Waals surface area contributed by atoms with Crippen LogP contribution in [0.5, 0.6) is 0 Å². The molecule has 3 aromatic rings. The molecule has 0 aliphatic carbocycles. The second kappa shape index (κ2) is 15.5. The van der Waals surface area contributed by atoms with Crippen molar-refractivity contribution >= 4 is 62.8 Å². The van der Waals surface area contributed by atoms with E-state index in [1.165, 1.54) is 48.9 Å². The SMILES string of the molecule is CC#N.Cc1n(S(=O)(=O)F)cc[n+]1C.O=C1NS(=O)(=O)c2ccccc21.O=C1c2ccccc2S(=O)(=O)N1S(=O)(=O)F.O=S(=O)([O-])C(F)(F)F. The molecule has 3 heterocycles. The molecule has 50 heavy (non-hydrogen) atoms. The molecular formula is C22H20F5N5O13S5. The normalized spacial score (nSPS) is 15.4. The van der Waals surface area contributed by atoms with Crippen molar-refractivity contribution in [3.05, 3.63) is 77.9 Å². The second-order valence-corrected chi connectivity index (χ2v) is 16.1. The van der Waals surface area contributed by atoms with E-state index in [0.717, 1.165) is 18.3 Å². The molecule has 0 radical (unpaired) electrons. The number of sulfonamides is 2. The van der Waals surface area contributed by atoms with Crippen molar-refractivity contribution in [3.8, 4) is 6.07 Å². The van der Waals surface area contributed by atoms with Crippen molar-refractivity contribution in [2.45, 2.75) is 29.1 Å². The number of halogens is 5. The summed E-state index contributed by atoms with van der Waals surface area (Å²) in [7, 11) is -22.9. The van der Waals surface area contributed by atoms with Gasteiger partial charge in [0, 0.05) is 13.8 Å². The van der Waals surface area contributed by atoms with Crippen LogP contribution in [0.2, 0.25) is 0 Å².